The van der Waals surface area contributed by atoms with E-state index in [4.69, 9.17) is 16.7 Å². The van der Waals surface area contributed by atoms with Crippen LogP contribution in [0, 0.1) is 0 Å². The summed E-state index contributed by atoms with van der Waals surface area (Å²) in [4.78, 5) is 4.17. The van der Waals surface area contributed by atoms with Crippen molar-refractivity contribution in [2.75, 3.05) is 0 Å². The first kappa shape index (κ1) is 8.48. The van der Waals surface area contributed by atoms with Crippen molar-refractivity contribution in [3.63, 3.8) is 0 Å². The quantitative estimate of drug-likeness (QED) is 0.755. The van der Waals surface area contributed by atoms with Gasteiger partial charge in [-0.25, -0.2) is 0 Å². The molecule has 0 amide bonds. The Bertz CT molecular complexity index is 442. The maximum absolute atomic E-state index is 8.89. The fourth-order valence-corrected chi connectivity index (χ4v) is 1.42. The number of pyridine rings is 1. The van der Waals surface area contributed by atoms with Gasteiger partial charge in [0, 0.05) is 16.6 Å². The zero-order valence-corrected chi connectivity index (χ0v) is 7.62. The Morgan fingerprint density at radius 1 is 1.31 bits per heavy atom. The molecular weight excluding hydrogens is 186 g/mol. The summed E-state index contributed by atoms with van der Waals surface area (Å²) in [5.74, 6) is 0. The highest BCUT2D eigenvalue weighted by atomic mass is 35.5. The summed E-state index contributed by atoms with van der Waals surface area (Å²) in [6, 6.07) is 7.38. The number of rotatable bonds is 1. The van der Waals surface area contributed by atoms with E-state index in [1.165, 1.54) is 0 Å². The number of aliphatic hydroxyl groups is 1. The van der Waals surface area contributed by atoms with Crippen molar-refractivity contribution in [2.45, 2.75) is 6.61 Å². The fourth-order valence-electron chi connectivity index (χ4n) is 1.23. The normalized spacial score (nSPS) is 10.6. The van der Waals surface area contributed by atoms with Crippen molar-refractivity contribution >= 4 is 22.5 Å². The number of hydrogen-bond acceptors (Lipinski definition) is 2. The van der Waals surface area contributed by atoms with Gasteiger partial charge in [-0.15, -0.1) is 0 Å². The number of aromatic nitrogens is 1. The van der Waals surface area contributed by atoms with Gasteiger partial charge in [0.15, 0.2) is 0 Å². The summed E-state index contributed by atoms with van der Waals surface area (Å²) >= 11 is 5.82. The molecule has 2 nitrogen and oxygen atoms in total. The summed E-state index contributed by atoms with van der Waals surface area (Å²) in [6.45, 7) is 0.00938. The highest BCUT2D eigenvalue weighted by Gasteiger charge is 1.97. The van der Waals surface area contributed by atoms with Gasteiger partial charge in [0.1, 0.15) is 0 Å². The minimum atomic E-state index is 0.00938. The van der Waals surface area contributed by atoms with Crippen molar-refractivity contribution in [3.05, 3.63) is 41.0 Å². The smallest absolute Gasteiger partial charge is 0.0703 e. The van der Waals surface area contributed by atoms with Gasteiger partial charge < -0.3 is 5.11 Å². The SMILES string of the molecule is OCc1cnc2ccc(Cl)cc2c1. The lowest BCUT2D eigenvalue weighted by atomic mass is 10.2. The second-order valence-corrected chi connectivity index (χ2v) is 3.28. The maximum atomic E-state index is 8.89. The summed E-state index contributed by atoms with van der Waals surface area (Å²) in [6.07, 6.45) is 1.66. The van der Waals surface area contributed by atoms with Crippen LogP contribution in [0.15, 0.2) is 30.5 Å². The standard InChI is InChI=1S/C10H8ClNO/c11-9-1-2-10-8(4-9)3-7(6-13)5-12-10/h1-5,13H,6H2. The van der Waals surface area contributed by atoms with E-state index in [0.29, 0.717) is 5.02 Å². The number of nitrogens with zero attached hydrogens (tertiary/aromatic N) is 1. The zero-order valence-electron chi connectivity index (χ0n) is 6.87. The van der Waals surface area contributed by atoms with Crippen LogP contribution in [0.2, 0.25) is 5.02 Å². The Kier molecular flexibility index (Phi) is 2.17. The van der Waals surface area contributed by atoms with Crippen molar-refractivity contribution in [1.29, 1.82) is 0 Å². The minimum Gasteiger partial charge on any atom is -0.392 e. The van der Waals surface area contributed by atoms with E-state index in [1.54, 1.807) is 12.3 Å². The van der Waals surface area contributed by atoms with E-state index in [2.05, 4.69) is 4.98 Å². The number of benzene rings is 1. The third kappa shape index (κ3) is 1.64. The van der Waals surface area contributed by atoms with E-state index in [9.17, 15) is 0 Å². The van der Waals surface area contributed by atoms with Gasteiger partial charge in [-0.2, -0.15) is 0 Å². The highest BCUT2D eigenvalue weighted by Crippen LogP contribution is 2.18. The van der Waals surface area contributed by atoms with Crippen molar-refractivity contribution in [3.8, 4) is 0 Å². The second kappa shape index (κ2) is 3.32. The van der Waals surface area contributed by atoms with Crippen molar-refractivity contribution < 1.29 is 5.11 Å². The highest BCUT2D eigenvalue weighted by molar-refractivity contribution is 6.31. The van der Waals surface area contributed by atoms with Gasteiger partial charge in [0.05, 0.1) is 12.1 Å². The molecule has 0 bridgehead atoms. The first-order valence-electron chi connectivity index (χ1n) is 3.94. The average molecular weight is 194 g/mol. The van der Waals surface area contributed by atoms with E-state index < -0.39 is 0 Å². The fraction of sp³-hybridized carbons (Fsp3) is 0.100. The number of aliphatic hydroxyl groups excluding tert-OH is 1. The average Bonchev–Trinajstić information content (AvgIpc) is 2.16. The molecule has 0 spiro atoms. The van der Waals surface area contributed by atoms with Crippen LogP contribution in [0.4, 0.5) is 0 Å². The Hall–Kier alpha value is -1.12. The molecule has 1 aromatic heterocycles. The van der Waals surface area contributed by atoms with Crippen LogP contribution in [-0.4, -0.2) is 10.1 Å². The number of hydrogen-bond donors (Lipinski definition) is 1. The van der Waals surface area contributed by atoms with Crippen molar-refractivity contribution in [1.82, 2.24) is 4.98 Å². The topological polar surface area (TPSA) is 33.1 Å². The zero-order chi connectivity index (χ0) is 9.26. The predicted octanol–water partition coefficient (Wildman–Crippen LogP) is 2.38. The Balaban J connectivity index is 2.68. The van der Waals surface area contributed by atoms with Gasteiger partial charge in [0.25, 0.3) is 0 Å². The van der Waals surface area contributed by atoms with Crippen LogP contribution < -0.4 is 0 Å². The summed E-state index contributed by atoms with van der Waals surface area (Å²) in [5.41, 5.74) is 1.69. The molecule has 0 saturated heterocycles. The molecule has 0 radical (unpaired) electrons. The lowest BCUT2D eigenvalue weighted by Crippen LogP contribution is -1.85. The number of fused-ring (bicyclic) bond motifs is 1. The molecule has 3 heteroatoms. The third-order valence-electron chi connectivity index (χ3n) is 1.88. The van der Waals surface area contributed by atoms with Gasteiger partial charge in [-0.1, -0.05) is 11.6 Å². The molecule has 0 unspecified atom stereocenters. The Morgan fingerprint density at radius 2 is 2.15 bits per heavy atom. The molecule has 0 aliphatic heterocycles. The summed E-state index contributed by atoms with van der Waals surface area (Å²) < 4.78 is 0. The van der Waals surface area contributed by atoms with Gasteiger partial charge in [-0.3, -0.25) is 4.98 Å². The molecule has 2 rings (SSSR count). The largest absolute Gasteiger partial charge is 0.392 e. The molecule has 0 aliphatic rings. The van der Waals surface area contributed by atoms with Crippen LogP contribution in [0.1, 0.15) is 5.56 Å². The molecule has 0 aliphatic carbocycles. The van der Waals surface area contributed by atoms with Gasteiger partial charge in [0.2, 0.25) is 0 Å². The van der Waals surface area contributed by atoms with Gasteiger partial charge >= 0.3 is 0 Å². The number of halogens is 1. The summed E-state index contributed by atoms with van der Waals surface area (Å²) in [5, 5.41) is 10.5. The predicted molar refractivity (Wildman–Crippen MR) is 52.7 cm³/mol. The second-order valence-electron chi connectivity index (χ2n) is 2.84. The lowest BCUT2D eigenvalue weighted by Gasteiger charge is -1.99. The molecule has 1 N–H and O–H groups in total. The Morgan fingerprint density at radius 3 is 2.92 bits per heavy atom. The third-order valence-corrected chi connectivity index (χ3v) is 2.12. The van der Waals surface area contributed by atoms with Gasteiger partial charge in [-0.05, 0) is 29.8 Å². The van der Waals surface area contributed by atoms with E-state index in [-0.39, 0.29) is 6.61 Å². The monoisotopic (exact) mass is 193 g/mol. The first-order valence-corrected chi connectivity index (χ1v) is 4.32. The molecule has 0 saturated carbocycles. The molecular formula is C10H8ClNO. The van der Waals surface area contributed by atoms with E-state index >= 15 is 0 Å². The van der Waals surface area contributed by atoms with Crippen LogP contribution in [0.25, 0.3) is 10.9 Å². The lowest BCUT2D eigenvalue weighted by molar-refractivity contribution is 0.281. The molecule has 1 aromatic carbocycles. The van der Waals surface area contributed by atoms with Crippen LogP contribution in [-0.2, 0) is 6.61 Å². The first-order chi connectivity index (χ1) is 6.29. The molecule has 2 aromatic rings. The molecule has 66 valence electrons. The Labute approximate surface area is 80.8 Å². The maximum Gasteiger partial charge on any atom is 0.0703 e. The molecule has 1 heterocycles. The van der Waals surface area contributed by atoms with Crippen LogP contribution in [0.5, 0.6) is 0 Å². The molecule has 13 heavy (non-hydrogen) atoms. The van der Waals surface area contributed by atoms with E-state index in [1.807, 2.05) is 18.2 Å². The molecule has 0 fully saturated rings. The van der Waals surface area contributed by atoms with Crippen LogP contribution in [0.3, 0.4) is 0 Å². The minimum absolute atomic E-state index is 0.00938. The van der Waals surface area contributed by atoms with Crippen LogP contribution >= 0.6 is 11.6 Å². The van der Waals surface area contributed by atoms with E-state index in [0.717, 1.165) is 16.5 Å². The summed E-state index contributed by atoms with van der Waals surface area (Å²) in [7, 11) is 0. The molecule has 0 atom stereocenters. The van der Waals surface area contributed by atoms with Crippen molar-refractivity contribution in [2.24, 2.45) is 0 Å².